The average Bonchev–Trinajstić information content (AvgIpc) is 2.47. The van der Waals surface area contributed by atoms with Gasteiger partial charge >= 0.3 is 0 Å². The Hall–Kier alpha value is -1.85. The van der Waals surface area contributed by atoms with Crippen molar-refractivity contribution < 1.29 is 13.9 Å². The summed E-state index contributed by atoms with van der Waals surface area (Å²) in [4.78, 5) is 3.91. The lowest BCUT2D eigenvalue weighted by Crippen LogP contribution is -2.32. The second kappa shape index (κ2) is 6.54. The summed E-state index contributed by atoms with van der Waals surface area (Å²) in [7, 11) is 0. The average molecular weight is 278 g/mol. The second-order valence-corrected chi connectivity index (χ2v) is 4.64. The number of aliphatic hydroxyl groups excluding tert-OH is 1. The molecule has 0 saturated carbocycles. The van der Waals surface area contributed by atoms with E-state index < -0.39 is 23.8 Å². The quantitative estimate of drug-likeness (QED) is 0.883. The first kappa shape index (κ1) is 14.6. The molecule has 0 amide bonds. The Morgan fingerprint density at radius 1 is 1.20 bits per heavy atom. The van der Waals surface area contributed by atoms with Gasteiger partial charge in [0.05, 0.1) is 6.10 Å². The Balaban J connectivity index is 2.01. The Kier molecular flexibility index (Phi) is 4.76. The van der Waals surface area contributed by atoms with E-state index >= 15 is 0 Å². The fourth-order valence-electron chi connectivity index (χ4n) is 1.90. The first-order chi connectivity index (χ1) is 9.58. The predicted molar refractivity (Wildman–Crippen MR) is 71.9 cm³/mol. The van der Waals surface area contributed by atoms with E-state index in [1.54, 1.807) is 19.3 Å². The van der Waals surface area contributed by atoms with E-state index in [-0.39, 0.29) is 5.56 Å². The van der Waals surface area contributed by atoms with Crippen LogP contribution in [0.3, 0.4) is 0 Å². The van der Waals surface area contributed by atoms with Crippen molar-refractivity contribution in [1.82, 2.24) is 10.3 Å². The molecule has 2 aromatic rings. The topological polar surface area (TPSA) is 45.2 Å². The molecule has 5 heteroatoms. The number of nitrogens with zero attached hydrogens (tertiary/aromatic N) is 1. The molecule has 2 atom stereocenters. The molecular formula is C15H16F2N2O. The number of hydrogen-bond donors (Lipinski definition) is 2. The van der Waals surface area contributed by atoms with Crippen LogP contribution in [0.25, 0.3) is 0 Å². The number of aromatic nitrogens is 1. The maximum absolute atomic E-state index is 13.6. The minimum atomic E-state index is -1.12. The third kappa shape index (κ3) is 3.59. The first-order valence-electron chi connectivity index (χ1n) is 6.33. The molecular weight excluding hydrogens is 262 g/mol. The van der Waals surface area contributed by atoms with E-state index in [0.29, 0.717) is 6.54 Å². The molecule has 0 aliphatic heterocycles. The lowest BCUT2D eigenvalue weighted by Gasteiger charge is -2.21. The highest BCUT2D eigenvalue weighted by atomic mass is 19.1. The summed E-state index contributed by atoms with van der Waals surface area (Å²) in [5.41, 5.74) is 0.957. The van der Waals surface area contributed by atoms with Crippen molar-refractivity contribution in [2.24, 2.45) is 0 Å². The molecule has 1 aromatic heterocycles. The Labute approximate surface area is 116 Å². The van der Waals surface area contributed by atoms with Crippen LogP contribution in [0.2, 0.25) is 0 Å². The summed E-state index contributed by atoms with van der Waals surface area (Å²) in [5.74, 6) is -1.18. The van der Waals surface area contributed by atoms with Gasteiger partial charge < -0.3 is 10.4 Å². The third-order valence-corrected chi connectivity index (χ3v) is 3.13. The van der Waals surface area contributed by atoms with Crippen LogP contribution in [0.15, 0.2) is 42.7 Å². The van der Waals surface area contributed by atoms with Crippen LogP contribution < -0.4 is 5.32 Å². The molecule has 20 heavy (non-hydrogen) atoms. The Morgan fingerprint density at radius 3 is 2.60 bits per heavy atom. The minimum Gasteiger partial charge on any atom is -0.387 e. The fourth-order valence-corrected chi connectivity index (χ4v) is 1.90. The Bertz CT molecular complexity index is 563. The van der Waals surface area contributed by atoms with E-state index in [1.165, 1.54) is 0 Å². The number of hydrogen-bond acceptors (Lipinski definition) is 3. The first-order valence-corrected chi connectivity index (χ1v) is 6.33. The molecule has 1 aromatic carbocycles. The van der Waals surface area contributed by atoms with Gasteiger partial charge in [-0.25, -0.2) is 8.78 Å². The summed E-state index contributed by atoms with van der Waals surface area (Å²) >= 11 is 0. The summed E-state index contributed by atoms with van der Waals surface area (Å²) in [5, 5.41) is 13.2. The standard InChI is InChI=1S/C15H16F2N2O/c1-10(19-9-11-4-6-18-7-5-11)15(20)13-8-12(16)2-3-14(13)17/h2-8,10,15,19-20H,9H2,1H3. The van der Waals surface area contributed by atoms with Gasteiger partial charge in [0.2, 0.25) is 0 Å². The lowest BCUT2D eigenvalue weighted by atomic mass is 10.0. The van der Waals surface area contributed by atoms with Crippen molar-refractivity contribution in [3.05, 3.63) is 65.5 Å². The fraction of sp³-hybridized carbons (Fsp3) is 0.267. The predicted octanol–water partition coefficient (Wildman–Crippen LogP) is 2.57. The smallest absolute Gasteiger partial charge is 0.129 e. The van der Waals surface area contributed by atoms with Crippen molar-refractivity contribution in [1.29, 1.82) is 0 Å². The van der Waals surface area contributed by atoms with Gasteiger partial charge in [0.25, 0.3) is 0 Å². The van der Waals surface area contributed by atoms with E-state index in [9.17, 15) is 13.9 Å². The summed E-state index contributed by atoms with van der Waals surface area (Å²) in [6.45, 7) is 2.23. The molecule has 0 radical (unpaired) electrons. The zero-order valence-electron chi connectivity index (χ0n) is 11.1. The van der Waals surface area contributed by atoms with Crippen LogP contribution in [-0.4, -0.2) is 16.1 Å². The van der Waals surface area contributed by atoms with Crippen LogP contribution >= 0.6 is 0 Å². The van der Waals surface area contributed by atoms with Crippen LogP contribution in [0.5, 0.6) is 0 Å². The molecule has 0 aliphatic rings. The van der Waals surface area contributed by atoms with Gasteiger partial charge in [0, 0.05) is 30.5 Å². The zero-order valence-corrected chi connectivity index (χ0v) is 11.1. The highest BCUT2D eigenvalue weighted by Crippen LogP contribution is 2.21. The molecule has 1 heterocycles. The summed E-state index contributed by atoms with van der Waals surface area (Å²) in [6.07, 6.45) is 2.22. The van der Waals surface area contributed by atoms with Crippen molar-refractivity contribution in [3.8, 4) is 0 Å². The largest absolute Gasteiger partial charge is 0.387 e. The SMILES string of the molecule is CC(NCc1ccncc1)C(O)c1cc(F)ccc1F. The van der Waals surface area contributed by atoms with Gasteiger partial charge in [-0.1, -0.05) is 0 Å². The van der Waals surface area contributed by atoms with Gasteiger partial charge in [0.15, 0.2) is 0 Å². The summed E-state index contributed by atoms with van der Waals surface area (Å²) in [6, 6.07) is 6.33. The molecule has 2 N–H and O–H groups in total. The monoisotopic (exact) mass is 278 g/mol. The van der Waals surface area contributed by atoms with E-state index in [1.807, 2.05) is 12.1 Å². The van der Waals surface area contributed by atoms with Gasteiger partial charge in [0.1, 0.15) is 11.6 Å². The minimum absolute atomic E-state index is 0.0419. The maximum atomic E-state index is 13.6. The van der Waals surface area contributed by atoms with E-state index in [2.05, 4.69) is 10.3 Å². The van der Waals surface area contributed by atoms with E-state index in [0.717, 1.165) is 23.8 Å². The van der Waals surface area contributed by atoms with Crippen molar-refractivity contribution in [2.45, 2.75) is 25.6 Å². The van der Waals surface area contributed by atoms with Crippen molar-refractivity contribution >= 4 is 0 Å². The third-order valence-electron chi connectivity index (χ3n) is 3.13. The van der Waals surface area contributed by atoms with Crippen LogP contribution in [0.1, 0.15) is 24.2 Å². The molecule has 0 spiro atoms. The second-order valence-electron chi connectivity index (χ2n) is 4.64. The van der Waals surface area contributed by atoms with Gasteiger partial charge in [-0.05, 0) is 42.8 Å². The van der Waals surface area contributed by atoms with Crippen molar-refractivity contribution in [2.75, 3.05) is 0 Å². The summed E-state index contributed by atoms with van der Waals surface area (Å²) < 4.78 is 26.7. The normalized spacial score (nSPS) is 14.0. The molecule has 2 rings (SSSR count). The number of pyridine rings is 1. The molecule has 0 aliphatic carbocycles. The van der Waals surface area contributed by atoms with Gasteiger partial charge in [-0.15, -0.1) is 0 Å². The number of halogens is 2. The molecule has 2 unspecified atom stereocenters. The molecule has 0 saturated heterocycles. The van der Waals surface area contributed by atoms with Crippen LogP contribution in [-0.2, 0) is 6.54 Å². The van der Waals surface area contributed by atoms with Gasteiger partial charge in [-0.3, -0.25) is 4.98 Å². The van der Waals surface area contributed by atoms with E-state index in [4.69, 9.17) is 0 Å². The van der Waals surface area contributed by atoms with Crippen molar-refractivity contribution in [3.63, 3.8) is 0 Å². The number of nitrogens with one attached hydrogen (secondary N) is 1. The Morgan fingerprint density at radius 2 is 1.90 bits per heavy atom. The molecule has 0 fully saturated rings. The number of aliphatic hydroxyl groups is 1. The molecule has 0 bridgehead atoms. The maximum Gasteiger partial charge on any atom is 0.129 e. The molecule has 106 valence electrons. The van der Waals surface area contributed by atoms with Crippen LogP contribution in [0, 0.1) is 11.6 Å². The zero-order chi connectivity index (χ0) is 14.5. The van der Waals surface area contributed by atoms with Gasteiger partial charge in [-0.2, -0.15) is 0 Å². The van der Waals surface area contributed by atoms with Crippen LogP contribution in [0.4, 0.5) is 8.78 Å². The number of rotatable bonds is 5. The number of benzene rings is 1. The molecule has 3 nitrogen and oxygen atoms in total. The highest BCUT2D eigenvalue weighted by molar-refractivity contribution is 5.22. The lowest BCUT2D eigenvalue weighted by molar-refractivity contribution is 0.131. The highest BCUT2D eigenvalue weighted by Gasteiger charge is 2.20.